The molecule has 0 amide bonds. The Morgan fingerprint density at radius 1 is 1.43 bits per heavy atom. The lowest BCUT2D eigenvalue weighted by Gasteiger charge is -2.17. The molecule has 1 aromatic rings. The Hall–Kier alpha value is -0.860. The van der Waals surface area contributed by atoms with Gasteiger partial charge in [0.25, 0.3) is 0 Å². The maximum atomic E-state index is 12.3. The van der Waals surface area contributed by atoms with E-state index in [1.54, 1.807) is 20.1 Å². The van der Waals surface area contributed by atoms with Crippen LogP contribution in [0.3, 0.4) is 0 Å². The van der Waals surface area contributed by atoms with Crippen LogP contribution in [0.25, 0.3) is 0 Å². The predicted molar refractivity (Wildman–Crippen MR) is 82.3 cm³/mol. The van der Waals surface area contributed by atoms with Crippen molar-refractivity contribution in [2.24, 2.45) is 5.73 Å². The Bertz CT molecular complexity index is 551. The second-order valence-corrected chi connectivity index (χ2v) is 6.69. The highest BCUT2D eigenvalue weighted by Crippen LogP contribution is 2.28. The number of rotatable bonds is 9. The third kappa shape index (κ3) is 5.80. The molecule has 0 heterocycles. The SMILES string of the molecule is COCC(C)Oc1ccc(Cl)cc1S(=O)(=O)NCCCN. The number of methoxy groups -OCH3 is 1. The molecule has 1 rings (SSSR count). The van der Waals surface area contributed by atoms with Gasteiger partial charge >= 0.3 is 0 Å². The molecule has 1 atom stereocenters. The first kappa shape index (κ1) is 18.2. The van der Waals surface area contributed by atoms with Crippen LogP contribution in [0.5, 0.6) is 5.75 Å². The van der Waals surface area contributed by atoms with Crippen molar-refractivity contribution >= 4 is 21.6 Å². The van der Waals surface area contributed by atoms with Gasteiger partial charge in [-0.3, -0.25) is 0 Å². The van der Waals surface area contributed by atoms with Crippen molar-refractivity contribution in [2.45, 2.75) is 24.3 Å². The molecule has 120 valence electrons. The van der Waals surface area contributed by atoms with Gasteiger partial charge in [0.2, 0.25) is 10.0 Å². The van der Waals surface area contributed by atoms with Crippen LogP contribution in [0.1, 0.15) is 13.3 Å². The zero-order valence-corrected chi connectivity index (χ0v) is 13.7. The number of hydrogen-bond donors (Lipinski definition) is 2. The summed E-state index contributed by atoms with van der Waals surface area (Å²) in [4.78, 5) is 0.00924. The minimum atomic E-state index is -3.70. The summed E-state index contributed by atoms with van der Waals surface area (Å²) in [6, 6.07) is 4.47. The van der Waals surface area contributed by atoms with Crippen LogP contribution in [-0.4, -0.2) is 41.3 Å². The molecule has 0 bridgehead atoms. The minimum absolute atomic E-state index is 0.00924. The fourth-order valence-corrected chi connectivity index (χ4v) is 3.13. The van der Waals surface area contributed by atoms with E-state index in [-0.39, 0.29) is 23.3 Å². The number of ether oxygens (including phenoxy) is 2. The lowest BCUT2D eigenvalue weighted by molar-refractivity contribution is 0.0901. The van der Waals surface area contributed by atoms with E-state index >= 15 is 0 Å². The Morgan fingerprint density at radius 3 is 2.76 bits per heavy atom. The van der Waals surface area contributed by atoms with Gasteiger partial charge < -0.3 is 15.2 Å². The van der Waals surface area contributed by atoms with E-state index in [1.807, 2.05) is 0 Å². The van der Waals surface area contributed by atoms with Crippen LogP contribution in [0.4, 0.5) is 0 Å². The number of benzene rings is 1. The molecule has 6 nitrogen and oxygen atoms in total. The lowest BCUT2D eigenvalue weighted by atomic mass is 10.3. The molecule has 3 N–H and O–H groups in total. The zero-order chi connectivity index (χ0) is 15.9. The standard InChI is InChI=1S/C13H21ClN2O4S/c1-10(9-19-2)20-12-5-4-11(14)8-13(12)21(17,18)16-7-3-6-15/h4-5,8,10,16H,3,6-7,9,15H2,1-2H3. The van der Waals surface area contributed by atoms with E-state index in [1.165, 1.54) is 12.1 Å². The number of sulfonamides is 1. The second kappa shape index (κ2) is 8.55. The molecule has 8 heteroatoms. The first-order chi connectivity index (χ1) is 9.90. The Morgan fingerprint density at radius 2 is 2.14 bits per heavy atom. The van der Waals surface area contributed by atoms with Crippen LogP contribution in [0.15, 0.2) is 23.1 Å². The topological polar surface area (TPSA) is 90.6 Å². The molecular formula is C13H21ClN2O4S. The molecule has 0 aromatic heterocycles. The summed E-state index contributed by atoms with van der Waals surface area (Å²) < 4.78 is 37.6. The maximum absolute atomic E-state index is 12.3. The molecule has 0 radical (unpaired) electrons. The van der Waals surface area contributed by atoms with E-state index < -0.39 is 10.0 Å². The third-order valence-electron chi connectivity index (χ3n) is 2.60. The fourth-order valence-electron chi connectivity index (χ4n) is 1.66. The first-order valence-corrected chi connectivity index (χ1v) is 8.41. The van der Waals surface area contributed by atoms with E-state index in [4.69, 9.17) is 26.8 Å². The van der Waals surface area contributed by atoms with Crippen LogP contribution in [0, 0.1) is 0 Å². The van der Waals surface area contributed by atoms with Gasteiger partial charge in [0.15, 0.2) is 0 Å². The number of nitrogens with two attached hydrogens (primary N) is 1. The highest BCUT2D eigenvalue weighted by molar-refractivity contribution is 7.89. The van der Waals surface area contributed by atoms with Crippen LogP contribution in [-0.2, 0) is 14.8 Å². The summed E-state index contributed by atoms with van der Waals surface area (Å²) in [5, 5.41) is 0.320. The summed E-state index contributed by atoms with van der Waals surface area (Å²) in [7, 11) is -2.15. The van der Waals surface area contributed by atoms with Crippen LogP contribution in [0.2, 0.25) is 5.02 Å². The summed E-state index contributed by atoms with van der Waals surface area (Å²) in [6.45, 7) is 2.81. The van der Waals surface area contributed by atoms with E-state index in [0.717, 1.165) is 0 Å². The van der Waals surface area contributed by atoms with Gasteiger partial charge in [0.05, 0.1) is 6.61 Å². The van der Waals surface area contributed by atoms with E-state index in [9.17, 15) is 8.42 Å². The van der Waals surface area contributed by atoms with Crippen molar-refractivity contribution in [2.75, 3.05) is 26.8 Å². The van der Waals surface area contributed by atoms with E-state index in [0.29, 0.717) is 24.6 Å². The monoisotopic (exact) mass is 336 g/mol. The van der Waals surface area contributed by atoms with Crippen LogP contribution >= 0.6 is 11.6 Å². The molecule has 0 fully saturated rings. The molecule has 0 saturated heterocycles. The maximum Gasteiger partial charge on any atom is 0.244 e. The van der Waals surface area contributed by atoms with E-state index in [2.05, 4.69) is 4.72 Å². The summed E-state index contributed by atoms with van der Waals surface area (Å²) >= 11 is 5.89. The van der Waals surface area contributed by atoms with Gasteiger partial charge in [0.1, 0.15) is 16.7 Å². The number of nitrogens with one attached hydrogen (secondary N) is 1. The minimum Gasteiger partial charge on any atom is -0.487 e. The van der Waals surface area contributed by atoms with Crippen molar-refractivity contribution < 1.29 is 17.9 Å². The van der Waals surface area contributed by atoms with Gasteiger partial charge in [0, 0.05) is 18.7 Å². The third-order valence-corrected chi connectivity index (χ3v) is 4.32. The average molecular weight is 337 g/mol. The quantitative estimate of drug-likeness (QED) is 0.665. The number of hydrogen-bond acceptors (Lipinski definition) is 5. The fraction of sp³-hybridized carbons (Fsp3) is 0.538. The normalized spacial score (nSPS) is 13.1. The Balaban J connectivity index is 3.00. The predicted octanol–water partition coefficient (Wildman–Crippen LogP) is 1.38. The molecule has 0 aliphatic carbocycles. The van der Waals surface area contributed by atoms with Gasteiger partial charge in [-0.25, -0.2) is 13.1 Å². The van der Waals surface area contributed by atoms with Crippen molar-refractivity contribution in [3.63, 3.8) is 0 Å². The van der Waals surface area contributed by atoms with Crippen LogP contribution < -0.4 is 15.2 Å². The lowest BCUT2D eigenvalue weighted by Crippen LogP contribution is -2.27. The van der Waals surface area contributed by atoms with Crippen molar-refractivity contribution in [3.05, 3.63) is 23.2 Å². The molecule has 0 aliphatic rings. The van der Waals surface area contributed by atoms with Gasteiger partial charge in [-0.15, -0.1) is 0 Å². The Kier molecular flexibility index (Phi) is 7.41. The van der Waals surface area contributed by atoms with Gasteiger partial charge in [-0.2, -0.15) is 0 Å². The van der Waals surface area contributed by atoms with Crippen molar-refractivity contribution in [3.8, 4) is 5.75 Å². The summed E-state index contributed by atoms with van der Waals surface area (Å²) in [5.41, 5.74) is 5.36. The van der Waals surface area contributed by atoms with Gasteiger partial charge in [-0.05, 0) is 38.1 Å². The molecular weight excluding hydrogens is 316 g/mol. The molecule has 0 saturated carbocycles. The summed E-state index contributed by atoms with van der Waals surface area (Å²) in [5.74, 6) is 0.240. The van der Waals surface area contributed by atoms with Gasteiger partial charge in [-0.1, -0.05) is 11.6 Å². The average Bonchev–Trinajstić information content (AvgIpc) is 2.41. The highest BCUT2D eigenvalue weighted by atomic mass is 35.5. The van der Waals surface area contributed by atoms with Crippen molar-refractivity contribution in [1.82, 2.24) is 4.72 Å². The molecule has 21 heavy (non-hydrogen) atoms. The Labute approximate surface area is 130 Å². The molecule has 0 aliphatic heterocycles. The first-order valence-electron chi connectivity index (χ1n) is 6.55. The smallest absolute Gasteiger partial charge is 0.244 e. The second-order valence-electron chi connectivity index (χ2n) is 4.51. The zero-order valence-electron chi connectivity index (χ0n) is 12.1. The number of halogens is 1. The largest absolute Gasteiger partial charge is 0.487 e. The highest BCUT2D eigenvalue weighted by Gasteiger charge is 2.21. The molecule has 1 aromatic carbocycles. The molecule has 0 spiro atoms. The van der Waals surface area contributed by atoms with Crippen molar-refractivity contribution in [1.29, 1.82) is 0 Å². The summed E-state index contributed by atoms with van der Waals surface area (Å²) in [6.07, 6.45) is 0.268. The molecule has 1 unspecified atom stereocenters.